The van der Waals surface area contributed by atoms with Crippen molar-refractivity contribution in [2.24, 2.45) is 0 Å². The van der Waals surface area contributed by atoms with Gasteiger partial charge in [-0.3, -0.25) is 9.59 Å². The van der Waals surface area contributed by atoms with Crippen LogP contribution in [0.3, 0.4) is 0 Å². The summed E-state index contributed by atoms with van der Waals surface area (Å²) in [4.78, 5) is 26.5. The number of rotatable bonds is 4. The molecule has 2 amide bonds. The maximum Gasteiger partial charge on any atom is 0.250 e. The summed E-state index contributed by atoms with van der Waals surface area (Å²) in [6.45, 7) is 7.40. The Morgan fingerprint density at radius 3 is 2.60 bits per heavy atom. The molecule has 3 unspecified atom stereocenters. The lowest BCUT2D eigenvalue weighted by Crippen LogP contribution is -2.60. The van der Waals surface area contributed by atoms with Gasteiger partial charge in [0, 0.05) is 6.04 Å². The van der Waals surface area contributed by atoms with Gasteiger partial charge in [-0.05, 0) is 25.8 Å². The molecule has 0 spiro atoms. The highest BCUT2D eigenvalue weighted by Crippen LogP contribution is 2.24. The van der Waals surface area contributed by atoms with Crippen LogP contribution in [0.1, 0.15) is 31.9 Å². The molecule has 1 aliphatic rings. The van der Waals surface area contributed by atoms with Gasteiger partial charge in [0.15, 0.2) is 0 Å². The molecular formula is C16H20N2O2. The summed E-state index contributed by atoms with van der Waals surface area (Å²) < 4.78 is 0. The summed E-state index contributed by atoms with van der Waals surface area (Å²) >= 11 is 0. The van der Waals surface area contributed by atoms with E-state index >= 15 is 0 Å². The second kappa shape index (κ2) is 5.90. The van der Waals surface area contributed by atoms with Crippen LogP contribution in [-0.2, 0) is 9.59 Å². The third-order valence-electron chi connectivity index (χ3n) is 3.70. The van der Waals surface area contributed by atoms with Crippen molar-refractivity contribution in [2.45, 2.75) is 38.4 Å². The Morgan fingerprint density at radius 2 is 2.00 bits per heavy atom. The van der Waals surface area contributed by atoms with Crippen LogP contribution < -0.4 is 5.32 Å². The van der Waals surface area contributed by atoms with Gasteiger partial charge in [-0.25, -0.2) is 0 Å². The highest BCUT2D eigenvalue weighted by molar-refractivity contribution is 5.97. The fourth-order valence-corrected chi connectivity index (χ4v) is 2.62. The molecule has 1 aromatic carbocycles. The summed E-state index contributed by atoms with van der Waals surface area (Å²) in [5, 5.41) is 2.80. The molecule has 20 heavy (non-hydrogen) atoms. The zero-order valence-corrected chi connectivity index (χ0v) is 11.9. The first-order valence-electron chi connectivity index (χ1n) is 6.84. The van der Waals surface area contributed by atoms with Gasteiger partial charge in [-0.2, -0.15) is 0 Å². The second-order valence-corrected chi connectivity index (χ2v) is 5.15. The Morgan fingerprint density at radius 1 is 1.35 bits per heavy atom. The van der Waals surface area contributed by atoms with Crippen LogP contribution in [-0.4, -0.2) is 28.8 Å². The molecule has 0 radical (unpaired) electrons. The van der Waals surface area contributed by atoms with Gasteiger partial charge in [0.2, 0.25) is 5.91 Å². The van der Waals surface area contributed by atoms with E-state index in [0.717, 1.165) is 5.56 Å². The molecule has 1 saturated heterocycles. The topological polar surface area (TPSA) is 49.4 Å². The maximum absolute atomic E-state index is 12.7. The van der Waals surface area contributed by atoms with E-state index in [4.69, 9.17) is 0 Å². The highest BCUT2D eigenvalue weighted by atomic mass is 16.2. The van der Waals surface area contributed by atoms with Gasteiger partial charge in [-0.1, -0.05) is 36.4 Å². The number of piperazine rings is 1. The molecule has 0 saturated carbocycles. The van der Waals surface area contributed by atoms with Gasteiger partial charge in [0.1, 0.15) is 12.1 Å². The summed E-state index contributed by atoms with van der Waals surface area (Å²) in [5.74, 6) is -0.174. The average Bonchev–Trinajstić information content (AvgIpc) is 2.44. The van der Waals surface area contributed by atoms with E-state index in [0.29, 0.717) is 6.42 Å². The normalized spacial score (nSPS) is 24.2. The van der Waals surface area contributed by atoms with Crippen LogP contribution in [0.25, 0.3) is 0 Å². The van der Waals surface area contributed by atoms with E-state index in [2.05, 4.69) is 11.9 Å². The van der Waals surface area contributed by atoms with Crippen LogP contribution >= 0.6 is 0 Å². The van der Waals surface area contributed by atoms with Gasteiger partial charge in [0.25, 0.3) is 5.91 Å². The Hall–Kier alpha value is -2.10. The molecule has 1 fully saturated rings. The number of nitrogens with one attached hydrogen (secondary N) is 1. The molecular weight excluding hydrogens is 252 g/mol. The molecule has 0 aliphatic carbocycles. The van der Waals surface area contributed by atoms with Crippen LogP contribution in [0, 0.1) is 0 Å². The minimum absolute atomic E-state index is 0.0349. The summed E-state index contributed by atoms with van der Waals surface area (Å²) in [7, 11) is 0. The fourth-order valence-electron chi connectivity index (χ4n) is 2.62. The van der Waals surface area contributed by atoms with Crippen molar-refractivity contribution in [3.8, 4) is 0 Å². The molecule has 1 heterocycles. The first-order chi connectivity index (χ1) is 9.56. The van der Waals surface area contributed by atoms with Crippen molar-refractivity contribution in [3.05, 3.63) is 48.6 Å². The first kappa shape index (κ1) is 14.3. The molecule has 2 rings (SSSR count). The predicted octanol–water partition coefficient (Wildman–Crippen LogP) is 2.04. The zero-order valence-electron chi connectivity index (χ0n) is 11.9. The molecule has 0 aromatic heterocycles. The van der Waals surface area contributed by atoms with E-state index in [1.807, 2.05) is 37.3 Å². The minimum Gasteiger partial charge on any atom is -0.339 e. The summed E-state index contributed by atoms with van der Waals surface area (Å²) in [6, 6.07) is 8.26. The van der Waals surface area contributed by atoms with E-state index < -0.39 is 12.1 Å². The lowest BCUT2D eigenvalue weighted by atomic mass is 9.98. The SMILES string of the molecule is C=CCC(C)N1C(=O)C(c2ccccc2)NC(=O)C1C. The molecule has 3 atom stereocenters. The number of carbonyl (C=O) groups excluding carboxylic acids is 2. The number of hydrogen-bond acceptors (Lipinski definition) is 2. The van der Waals surface area contributed by atoms with E-state index in [1.54, 1.807) is 17.9 Å². The predicted molar refractivity (Wildman–Crippen MR) is 77.9 cm³/mol. The highest BCUT2D eigenvalue weighted by Gasteiger charge is 2.40. The molecule has 1 aliphatic heterocycles. The van der Waals surface area contributed by atoms with Crippen molar-refractivity contribution < 1.29 is 9.59 Å². The average molecular weight is 272 g/mol. The molecule has 0 bridgehead atoms. The smallest absolute Gasteiger partial charge is 0.250 e. The fraction of sp³-hybridized carbons (Fsp3) is 0.375. The monoisotopic (exact) mass is 272 g/mol. The molecule has 106 valence electrons. The van der Waals surface area contributed by atoms with Crippen LogP contribution in [0.15, 0.2) is 43.0 Å². The van der Waals surface area contributed by atoms with Crippen molar-refractivity contribution in [3.63, 3.8) is 0 Å². The van der Waals surface area contributed by atoms with E-state index in [9.17, 15) is 9.59 Å². The van der Waals surface area contributed by atoms with Crippen molar-refractivity contribution in [1.29, 1.82) is 0 Å². The summed E-state index contributed by atoms with van der Waals surface area (Å²) in [6.07, 6.45) is 2.44. The van der Waals surface area contributed by atoms with Crippen LogP contribution in [0.4, 0.5) is 0 Å². The lowest BCUT2D eigenvalue weighted by molar-refractivity contribution is -0.151. The first-order valence-corrected chi connectivity index (χ1v) is 6.84. The zero-order chi connectivity index (χ0) is 14.7. The van der Waals surface area contributed by atoms with Gasteiger partial charge in [-0.15, -0.1) is 6.58 Å². The molecule has 1 N–H and O–H groups in total. The quantitative estimate of drug-likeness (QED) is 0.853. The lowest BCUT2D eigenvalue weighted by Gasteiger charge is -2.40. The largest absolute Gasteiger partial charge is 0.339 e. The minimum atomic E-state index is -0.591. The van der Waals surface area contributed by atoms with Crippen LogP contribution in [0.2, 0.25) is 0 Å². The number of hydrogen-bond donors (Lipinski definition) is 1. The Balaban J connectivity index is 2.31. The molecule has 4 heteroatoms. The Kier molecular flexibility index (Phi) is 4.23. The second-order valence-electron chi connectivity index (χ2n) is 5.15. The Bertz CT molecular complexity index is 512. The van der Waals surface area contributed by atoms with E-state index in [-0.39, 0.29) is 17.9 Å². The van der Waals surface area contributed by atoms with Crippen molar-refractivity contribution >= 4 is 11.8 Å². The standard InChI is InChI=1S/C16H20N2O2/c1-4-8-11(2)18-12(3)15(19)17-14(16(18)20)13-9-6-5-7-10-13/h4-7,9-12,14H,1,8H2,2-3H3,(H,17,19). The number of benzene rings is 1. The summed E-state index contributed by atoms with van der Waals surface area (Å²) in [5.41, 5.74) is 0.813. The maximum atomic E-state index is 12.7. The Labute approximate surface area is 119 Å². The molecule has 1 aromatic rings. The van der Waals surface area contributed by atoms with Crippen LogP contribution in [0.5, 0.6) is 0 Å². The number of nitrogens with zero attached hydrogens (tertiary/aromatic N) is 1. The third kappa shape index (κ3) is 2.59. The van der Waals surface area contributed by atoms with Crippen molar-refractivity contribution in [2.75, 3.05) is 0 Å². The van der Waals surface area contributed by atoms with E-state index in [1.165, 1.54) is 0 Å². The van der Waals surface area contributed by atoms with Crippen molar-refractivity contribution in [1.82, 2.24) is 10.2 Å². The molecule has 4 nitrogen and oxygen atoms in total. The number of amides is 2. The van der Waals surface area contributed by atoms with Gasteiger partial charge < -0.3 is 10.2 Å². The van der Waals surface area contributed by atoms with Gasteiger partial charge in [0.05, 0.1) is 0 Å². The third-order valence-corrected chi connectivity index (χ3v) is 3.70. The number of carbonyl (C=O) groups is 2. The van der Waals surface area contributed by atoms with Gasteiger partial charge >= 0.3 is 0 Å².